The maximum Gasteiger partial charge on any atom is 0.252 e. The molecule has 1 amide bonds. The van der Waals surface area contributed by atoms with Crippen LogP contribution in [-0.2, 0) is 11.8 Å². The lowest BCUT2D eigenvalue weighted by Crippen LogP contribution is -2.26. The van der Waals surface area contributed by atoms with Crippen LogP contribution in [0.3, 0.4) is 0 Å². The molecule has 3 heterocycles. The summed E-state index contributed by atoms with van der Waals surface area (Å²) in [7, 11) is 0. The van der Waals surface area contributed by atoms with Gasteiger partial charge in [0.2, 0.25) is 0 Å². The van der Waals surface area contributed by atoms with Crippen molar-refractivity contribution in [1.29, 1.82) is 0 Å². The van der Waals surface area contributed by atoms with Crippen LogP contribution in [0.4, 0.5) is 0 Å². The molecule has 7 nitrogen and oxygen atoms in total. The highest BCUT2D eigenvalue weighted by Crippen LogP contribution is 2.23. The molecule has 3 aromatic rings. The summed E-state index contributed by atoms with van der Waals surface area (Å²) in [6.45, 7) is 6.97. The molecule has 0 radical (unpaired) electrons. The number of nitrogens with one attached hydrogen (secondary N) is 1. The van der Waals surface area contributed by atoms with Crippen molar-refractivity contribution in [3.63, 3.8) is 0 Å². The summed E-state index contributed by atoms with van der Waals surface area (Å²) in [6.07, 6.45) is 2.34. The van der Waals surface area contributed by atoms with E-state index in [1.165, 1.54) is 4.52 Å². The Hall–Kier alpha value is -2.35. The van der Waals surface area contributed by atoms with E-state index in [2.05, 4.69) is 52.0 Å². The van der Waals surface area contributed by atoms with Crippen molar-refractivity contribution >= 4 is 22.9 Å². The Morgan fingerprint density at radius 3 is 2.91 bits per heavy atom. The first-order chi connectivity index (χ1) is 10.9. The Balaban J connectivity index is 1.57. The van der Waals surface area contributed by atoms with Crippen molar-refractivity contribution in [1.82, 2.24) is 30.3 Å². The molecule has 23 heavy (non-hydrogen) atoms. The van der Waals surface area contributed by atoms with Gasteiger partial charge in [0.05, 0.1) is 16.3 Å². The van der Waals surface area contributed by atoms with Crippen molar-refractivity contribution in [3.05, 3.63) is 40.0 Å². The van der Waals surface area contributed by atoms with E-state index in [4.69, 9.17) is 0 Å². The lowest BCUT2D eigenvalue weighted by molar-refractivity contribution is 0.0953. The van der Waals surface area contributed by atoms with Crippen molar-refractivity contribution in [2.24, 2.45) is 0 Å². The summed E-state index contributed by atoms with van der Waals surface area (Å²) in [5, 5.41) is 17.2. The molecule has 3 aromatic heterocycles. The third kappa shape index (κ3) is 3.53. The van der Waals surface area contributed by atoms with Gasteiger partial charge in [-0.05, 0) is 22.6 Å². The molecule has 0 aliphatic heterocycles. The van der Waals surface area contributed by atoms with E-state index in [1.807, 2.05) is 0 Å². The standard InChI is InChI=1S/C15H18N6OS/c1-15(2,3)11-9-23-13(17-11)6-7-16-14(22)10-4-5-12-18-19-20-21(12)8-10/h4-5,8-9H,6-7H2,1-3H3,(H,16,22). The minimum Gasteiger partial charge on any atom is -0.352 e. The van der Waals surface area contributed by atoms with Gasteiger partial charge in [0, 0.05) is 30.0 Å². The highest BCUT2D eigenvalue weighted by atomic mass is 32.1. The Labute approximate surface area is 137 Å². The number of rotatable bonds is 4. The molecular formula is C15H18N6OS. The maximum absolute atomic E-state index is 12.2. The second kappa shape index (κ2) is 6.04. The van der Waals surface area contributed by atoms with Gasteiger partial charge in [-0.25, -0.2) is 4.98 Å². The molecule has 0 saturated carbocycles. The fourth-order valence-corrected chi connectivity index (χ4v) is 3.06. The predicted molar refractivity (Wildman–Crippen MR) is 87.6 cm³/mol. The Morgan fingerprint density at radius 1 is 1.35 bits per heavy atom. The predicted octanol–water partition coefficient (Wildman–Crippen LogP) is 1.85. The van der Waals surface area contributed by atoms with Crippen LogP contribution in [0.1, 0.15) is 41.8 Å². The molecule has 0 aromatic carbocycles. The number of hydrogen-bond donors (Lipinski definition) is 1. The molecular weight excluding hydrogens is 312 g/mol. The zero-order valence-corrected chi connectivity index (χ0v) is 14.1. The normalized spacial score (nSPS) is 11.8. The summed E-state index contributed by atoms with van der Waals surface area (Å²) in [5.74, 6) is -0.144. The Kier molecular flexibility index (Phi) is 4.08. The van der Waals surface area contributed by atoms with Gasteiger partial charge in [-0.15, -0.1) is 16.4 Å². The zero-order chi connectivity index (χ0) is 16.4. The van der Waals surface area contributed by atoms with E-state index >= 15 is 0 Å². The van der Waals surface area contributed by atoms with E-state index in [0.717, 1.165) is 17.1 Å². The molecule has 0 fully saturated rings. The largest absolute Gasteiger partial charge is 0.352 e. The number of thiazole rings is 1. The van der Waals surface area contributed by atoms with Crippen molar-refractivity contribution < 1.29 is 4.79 Å². The first-order valence-corrected chi connectivity index (χ1v) is 8.22. The number of aromatic nitrogens is 5. The summed E-state index contributed by atoms with van der Waals surface area (Å²) >= 11 is 1.63. The number of carbonyl (C=O) groups is 1. The molecule has 0 atom stereocenters. The smallest absolute Gasteiger partial charge is 0.252 e. The highest BCUT2D eigenvalue weighted by Gasteiger charge is 2.17. The first-order valence-electron chi connectivity index (χ1n) is 7.34. The van der Waals surface area contributed by atoms with Crippen molar-refractivity contribution in [2.45, 2.75) is 32.6 Å². The number of tetrazole rings is 1. The van der Waals surface area contributed by atoms with Crippen LogP contribution < -0.4 is 5.32 Å². The second-order valence-corrected chi connectivity index (χ2v) is 7.22. The van der Waals surface area contributed by atoms with Crippen LogP contribution in [0.2, 0.25) is 0 Å². The van der Waals surface area contributed by atoms with Crippen LogP contribution in [0, 0.1) is 0 Å². The SMILES string of the molecule is CC(C)(C)c1csc(CCNC(=O)c2ccc3nnnn3c2)n1. The first kappa shape index (κ1) is 15.5. The van der Waals surface area contributed by atoms with Gasteiger partial charge in [0.1, 0.15) is 0 Å². The number of fused-ring (bicyclic) bond motifs is 1. The summed E-state index contributed by atoms with van der Waals surface area (Å²) < 4.78 is 1.48. The molecule has 1 N–H and O–H groups in total. The molecule has 0 unspecified atom stereocenters. The quantitative estimate of drug-likeness (QED) is 0.789. The Bertz CT molecular complexity index is 832. The van der Waals surface area contributed by atoms with Gasteiger partial charge in [-0.3, -0.25) is 4.79 Å². The fraction of sp³-hybridized carbons (Fsp3) is 0.400. The molecule has 3 rings (SSSR count). The van der Waals surface area contributed by atoms with Crippen LogP contribution in [-0.4, -0.2) is 37.5 Å². The number of carbonyl (C=O) groups excluding carboxylic acids is 1. The van der Waals surface area contributed by atoms with Gasteiger partial charge in [0.25, 0.3) is 5.91 Å². The molecule has 0 aliphatic rings. The monoisotopic (exact) mass is 330 g/mol. The zero-order valence-electron chi connectivity index (χ0n) is 13.3. The minimum atomic E-state index is -0.144. The van der Waals surface area contributed by atoms with E-state index in [-0.39, 0.29) is 11.3 Å². The van der Waals surface area contributed by atoms with Crippen LogP contribution in [0.15, 0.2) is 23.7 Å². The average molecular weight is 330 g/mol. The van der Waals surface area contributed by atoms with Crippen molar-refractivity contribution in [2.75, 3.05) is 6.54 Å². The van der Waals surface area contributed by atoms with Gasteiger partial charge >= 0.3 is 0 Å². The van der Waals surface area contributed by atoms with E-state index in [1.54, 1.807) is 29.7 Å². The maximum atomic E-state index is 12.2. The Morgan fingerprint density at radius 2 is 2.17 bits per heavy atom. The third-order valence-electron chi connectivity index (χ3n) is 3.40. The van der Waals surface area contributed by atoms with E-state index < -0.39 is 0 Å². The van der Waals surface area contributed by atoms with Crippen LogP contribution in [0.5, 0.6) is 0 Å². The molecule has 0 spiro atoms. The number of hydrogen-bond acceptors (Lipinski definition) is 6. The van der Waals surface area contributed by atoms with Gasteiger partial charge in [-0.1, -0.05) is 20.8 Å². The number of pyridine rings is 1. The molecule has 0 aliphatic carbocycles. The second-order valence-electron chi connectivity index (χ2n) is 6.28. The molecule has 120 valence electrons. The van der Waals surface area contributed by atoms with Gasteiger partial charge in [-0.2, -0.15) is 4.52 Å². The summed E-state index contributed by atoms with van der Waals surface area (Å²) in [4.78, 5) is 16.8. The average Bonchev–Trinajstić information content (AvgIpc) is 3.14. The van der Waals surface area contributed by atoms with Crippen LogP contribution >= 0.6 is 11.3 Å². The molecule has 0 bridgehead atoms. The third-order valence-corrected chi connectivity index (χ3v) is 4.31. The minimum absolute atomic E-state index is 0.0548. The van der Waals surface area contributed by atoms with Crippen LogP contribution in [0.25, 0.3) is 5.65 Å². The molecule has 0 saturated heterocycles. The fourth-order valence-electron chi connectivity index (χ4n) is 2.03. The highest BCUT2D eigenvalue weighted by molar-refractivity contribution is 7.09. The lowest BCUT2D eigenvalue weighted by Gasteiger charge is -2.14. The van der Waals surface area contributed by atoms with Crippen molar-refractivity contribution in [3.8, 4) is 0 Å². The van der Waals surface area contributed by atoms with Gasteiger partial charge < -0.3 is 5.32 Å². The summed E-state index contributed by atoms with van der Waals surface area (Å²) in [5.41, 5.74) is 2.28. The lowest BCUT2D eigenvalue weighted by atomic mass is 9.93. The summed E-state index contributed by atoms with van der Waals surface area (Å²) in [6, 6.07) is 3.42. The topological polar surface area (TPSA) is 85.1 Å². The molecule has 8 heteroatoms. The van der Waals surface area contributed by atoms with Gasteiger partial charge in [0.15, 0.2) is 5.65 Å². The van der Waals surface area contributed by atoms with E-state index in [9.17, 15) is 4.79 Å². The number of amides is 1. The number of nitrogens with zero attached hydrogens (tertiary/aromatic N) is 5. The van der Waals surface area contributed by atoms with E-state index in [0.29, 0.717) is 17.8 Å².